The van der Waals surface area contributed by atoms with Gasteiger partial charge in [0.25, 0.3) is 0 Å². The molecule has 3 nitrogen and oxygen atoms in total. The molecule has 0 amide bonds. The van der Waals surface area contributed by atoms with Crippen molar-refractivity contribution in [1.82, 2.24) is 9.78 Å². The Labute approximate surface area is 94.9 Å². The van der Waals surface area contributed by atoms with Gasteiger partial charge >= 0.3 is 0 Å². The number of hydrogen-bond acceptors (Lipinski definition) is 3. The summed E-state index contributed by atoms with van der Waals surface area (Å²) in [5, 5.41) is 14.6. The molecule has 1 aromatic rings. The summed E-state index contributed by atoms with van der Waals surface area (Å²) >= 11 is 1.92. The summed E-state index contributed by atoms with van der Waals surface area (Å²) in [5.41, 5.74) is 1.14. The van der Waals surface area contributed by atoms with Gasteiger partial charge in [-0.3, -0.25) is 4.68 Å². The maximum Gasteiger partial charge on any atom is 0.0700 e. The number of nitrogens with zero attached hydrogens (tertiary/aromatic N) is 2. The molecule has 15 heavy (non-hydrogen) atoms. The van der Waals surface area contributed by atoms with Crippen molar-refractivity contribution in [3.8, 4) is 0 Å². The number of aliphatic hydroxyl groups excluding tert-OH is 1. The van der Waals surface area contributed by atoms with Crippen LogP contribution >= 0.6 is 11.8 Å². The van der Waals surface area contributed by atoms with Crippen LogP contribution in [0.2, 0.25) is 0 Å². The lowest BCUT2D eigenvalue weighted by Gasteiger charge is -2.25. The summed E-state index contributed by atoms with van der Waals surface area (Å²) in [6.45, 7) is 0. The molecule has 0 bridgehead atoms. The fraction of sp³-hybridized carbons (Fsp3) is 0.727. The predicted molar refractivity (Wildman–Crippen MR) is 63.0 cm³/mol. The number of aliphatic hydroxyl groups is 1. The van der Waals surface area contributed by atoms with E-state index in [1.54, 1.807) is 4.68 Å². The van der Waals surface area contributed by atoms with Crippen molar-refractivity contribution in [2.24, 2.45) is 7.05 Å². The number of aryl methyl sites for hydroxylation is 1. The summed E-state index contributed by atoms with van der Waals surface area (Å²) in [6, 6.07) is 0. The van der Waals surface area contributed by atoms with Crippen molar-refractivity contribution >= 4 is 11.8 Å². The molecular formula is C11H18N2OS. The predicted octanol–water partition coefficient (Wildman–Crippen LogP) is 1.61. The molecule has 1 saturated heterocycles. The molecule has 0 aliphatic carbocycles. The second-order valence-corrected chi connectivity index (χ2v) is 5.55. The van der Waals surface area contributed by atoms with Crippen LogP contribution in [0.5, 0.6) is 0 Å². The van der Waals surface area contributed by atoms with Gasteiger partial charge in [0.1, 0.15) is 0 Å². The number of aromatic nitrogens is 2. The van der Waals surface area contributed by atoms with Crippen molar-refractivity contribution in [2.45, 2.75) is 37.0 Å². The minimum absolute atomic E-state index is 0.209. The average Bonchev–Trinajstić information content (AvgIpc) is 2.65. The Morgan fingerprint density at radius 2 is 2.53 bits per heavy atom. The van der Waals surface area contributed by atoms with Gasteiger partial charge in [0.05, 0.1) is 12.3 Å². The molecule has 2 atom stereocenters. The van der Waals surface area contributed by atoms with E-state index >= 15 is 0 Å². The van der Waals surface area contributed by atoms with E-state index in [-0.39, 0.29) is 6.10 Å². The Balaban J connectivity index is 1.88. The molecular weight excluding hydrogens is 208 g/mol. The highest BCUT2D eigenvalue weighted by Crippen LogP contribution is 2.28. The van der Waals surface area contributed by atoms with E-state index < -0.39 is 0 Å². The first-order valence-electron chi connectivity index (χ1n) is 5.53. The largest absolute Gasteiger partial charge is 0.392 e. The number of thioether (sulfide) groups is 1. The van der Waals surface area contributed by atoms with E-state index in [2.05, 4.69) is 5.10 Å². The Morgan fingerprint density at radius 1 is 1.67 bits per heavy atom. The van der Waals surface area contributed by atoms with Crippen LogP contribution in [-0.2, 0) is 13.5 Å². The highest BCUT2D eigenvalue weighted by Gasteiger charge is 2.22. The van der Waals surface area contributed by atoms with E-state index in [1.165, 1.54) is 18.6 Å². The van der Waals surface area contributed by atoms with Gasteiger partial charge in [0.2, 0.25) is 0 Å². The molecule has 0 spiro atoms. The third kappa shape index (κ3) is 2.98. The second kappa shape index (κ2) is 5.03. The summed E-state index contributed by atoms with van der Waals surface area (Å²) in [6.07, 6.45) is 8.09. The van der Waals surface area contributed by atoms with E-state index in [4.69, 9.17) is 0 Å². The Bertz CT molecular complexity index is 307. The van der Waals surface area contributed by atoms with Crippen LogP contribution in [0.3, 0.4) is 0 Å². The van der Waals surface area contributed by atoms with Crippen LogP contribution in [0.25, 0.3) is 0 Å². The lowest BCUT2D eigenvalue weighted by molar-refractivity contribution is 0.166. The molecule has 4 heteroatoms. The highest BCUT2D eigenvalue weighted by atomic mass is 32.2. The quantitative estimate of drug-likeness (QED) is 0.851. The van der Waals surface area contributed by atoms with Crippen LogP contribution < -0.4 is 0 Å². The van der Waals surface area contributed by atoms with Crippen molar-refractivity contribution in [1.29, 1.82) is 0 Å². The van der Waals surface area contributed by atoms with Crippen LogP contribution in [-0.4, -0.2) is 32.0 Å². The molecule has 1 aliphatic heterocycles. The summed E-state index contributed by atoms with van der Waals surface area (Å²) in [5.74, 6) is 1.20. The topological polar surface area (TPSA) is 38.0 Å². The third-order valence-electron chi connectivity index (χ3n) is 2.85. The first-order valence-corrected chi connectivity index (χ1v) is 6.58. The molecule has 0 radical (unpaired) electrons. The van der Waals surface area contributed by atoms with E-state index in [9.17, 15) is 5.11 Å². The zero-order valence-corrected chi connectivity index (χ0v) is 9.91. The van der Waals surface area contributed by atoms with E-state index in [1.807, 2.05) is 31.2 Å². The van der Waals surface area contributed by atoms with Crippen LogP contribution in [0.1, 0.15) is 24.8 Å². The minimum atomic E-state index is -0.209. The summed E-state index contributed by atoms with van der Waals surface area (Å²) in [4.78, 5) is 0. The molecule has 2 rings (SSSR count). The van der Waals surface area contributed by atoms with Crippen molar-refractivity contribution in [2.75, 3.05) is 5.75 Å². The van der Waals surface area contributed by atoms with E-state index in [0.717, 1.165) is 18.4 Å². The minimum Gasteiger partial charge on any atom is -0.392 e. The average molecular weight is 226 g/mol. The van der Waals surface area contributed by atoms with Crippen molar-refractivity contribution in [3.05, 3.63) is 18.0 Å². The Kier molecular flexibility index (Phi) is 3.70. The SMILES string of the molecule is Cn1cc(CC(O)C2CCCCS2)cn1. The van der Waals surface area contributed by atoms with Gasteiger partial charge in [0.15, 0.2) is 0 Å². The van der Waals surface area contributed by atoms with Crippen molar-refractivity contribution in [3.63, 3.8) is 0 Å². The fourth-order valence-corrected chi connectivity index (χ4v) is 3.34. The maximum atomic E-state index is 10.1. The van der Waals surface area contributed by atoms with Gasteiger partial charge in [-0.15, -0.1) is 0 Å². The molecule has 0 saturated carbocycles. The molecule has 1 aliphatic rings. The molecule has 0 aromatic carbocycles. The first-order chi connectivity index (χ1) is 7.25. The summed E-state index contributed by atoms with van der Waals surface area (Å²) < 4.78 is 1.79. The zero-order valence-electron chi connectivity index (χ0n) is 9.09. The van der Waals surface area contributed by atoms with Gasteiger partial charge in [-0.1, -0.05) is 6.42 Å². The summed E-state index contributed by atoms with van der Waals surface area (Å²) in [7, 11) is 1.91. The van der Waals surface area contributed by atoms with Crippen LogP contribution in [0, 0.1) is 0 Å². The molecule has 84 valence electrons. The van der Waals surface area contributed by atoms with E-state index in [0.29, 0.717) is 5.25 Å². The van der Waals surface area contributed by atoms with Gasteiger partial charge in [-0.05, 0) is 24.2 Å². The lowest BCUT2D eigenvalue weighted by Crippen LogP contribution is -2.27. The standard InChI is InChI=1S/C11H18N2OS/c1-13-8-9(7-12-13)6-10(14)11-4-2-3-5-15-11/h7-8,10-11,14H,2-6H2,1H3. The molecule has 1 N–H and O–H groups in total. The van der Waals surface area contributed by atoms with Crippen LogP contribution in [0.4, 0.5) is 0 Å². The highest BCUT2D eigenvalue weighted by molar-refractivity contribution is 8.00. The Hall–Kier alpha value is -0.480. The zero-order chi connectivity index (χ0) is 10.7. The number of rotatable bonds is 3. The second-order valence-electron chi connectivity index (χ2n) is 4.20. The molecule has 1 aromatic heterocycles. The first kappa shape index (κ1) is 11.0. The molecule has 1 fully saturated rings. The molecule has 2 heterocycles. The van der Waals surface area contributed by atoms with Gasteiger partial charge in [0, 0.05) is 24.9 Å². The molecule has 2 unspecified atom stereocenters. The van der Waals surface area contributed by atoms with Gasteiger partial charge in [-0.25, -0.2) is 0 Å². The maximum absolute atomic E-state index is 10.1. The van der Waals surface area contributed by atoms with Crippen molar-refractivity contribution < 1.29 is 5.11 Å². The van der Waals surface area contributed by atoms with Crippen LogP contribution in [0.15, 0.2) is 12.4 Å². The lowest BCUT2D eigenvalue weighted by atomic mass is 10.0. The Morgan fingerprint density at radius 3 is 3.13 bits per heavy atom. The monoisotopic (exact) mass is 226 g/mol. The normalized spacial score (nSPS) is 24.0. The third-order valence-corrected chi connectivity index (χ3v) is 4.35. The van der Waals surface area contributed by atoms with Gasteiger partial charge < -0.3 is 5.11 Å². The fourth-order valence-electron chi connectivity index (χ4n) is 2.02. The smallest absolute Gasteiger partial charge is 0.0700 e. The number of hydrogen-bond donors (Lipinski definition) is 1. The van der Waals surface area contributed by atoms with Gasteiger partial charge in [-0.2, -0.15) is 16.9 Å².